The predicted octanol–water partition coefficient (Wildman–Crippen LogP) is 13.5. The summed E-state index contributed by atoms with van der Waals surface area (Å²) in [6, 6.07) is 74.1. The van der Waals surface area contributed by atoms with Gasteiger partial charge in [-0.25, -0.2) is 0 Å². The molecule has 0 heterocycles. The molecule has 1 spiro atoms. The first-order valence-corrected chi connectivity index (χ1v) is 18.1. The van der Waals surface area contributed by atoms with Gasteiger partial charge in [-0.15, -0.1) is 0 Å². The highest BCUT2D eigenvalue weighted by atomic mass is 15.1. The third kappa shape index (κ3) is 4.11. The maximum absolute atomic E-state index is 2.49. The maximum atomic E-state index is 2.49. The predicted molar refractivity (Wildman–Crippen MR) is 218 cm³/mol. The molecule has 0 radical (unpaired) electrons. The van der Waals surface area contributed by atoms with Gasteiger partial charge in [0.2, 0.25) is 0 Å². The van der Waals surface area contributed by atoms with Gasteiger partial charge in [0.15, 0.2) is 0 Å². The molecule has 0 bridgehead atoms. The van der Waals surface area contributed by atoms with E-state index in [0.717, 1.165) is 17.1 Å². The number of nitrogens with zero attached hydrogens (tertiary/aromatic N) is 1. The van der Waals surface area contributed by atoms with Crippen molar-refractivity contribution < 1.29 is 0 Å². The monoisotopic (exact) mass is 659 g/mol. The van der Waals surface area contributed by atoms with Crippen LogP contribution in [0.2, 0.25) is 0 Å². The van der Waals surface area contributed by atoms with Crippen LogP contribution in [-0.4, -0.2) is 0 Å². The van der Waals surface area contributed by atoms with Crippen LogP contribution < -0.4 is 4.90 Å². The highest BCUT2D eigenvalue weighted by Crippen LogP contribution is 2.63. The maximum Gasteiger partial charge on any atom is 0.0726 e. The Morgan fingerprint density at radius 1 is 0.269 bits per heavy atom. The lowest BCUT2D eigenvalue weighted by molar-refractivity contribution is 0.795. The average molecular weight is 660 g/mol. The third-order valence-electron chi connectivity index (χ3n) is 11.4. The van der Waals surface area contributed by atoms with Gasteiger partial charge in [-0.1, -0.05) is 152 Å². The molecular formula is C51H33N. The second kappa shape index (κ2) is 11.2. The molecule has 11 rings (SSSR count). The molecule has 2 aliphatic carbocycles. The molecule has 9 aromatic rings. The van der Waals surface area contributed by atoms with Crippen LogP contribution in [0, 0.1) is 0 Å². The van der Waals surface area contributed by atoms with Crippen LogP contribution in [0.1, 0.15) is 22.3 Å². The van der Waals surface area contributed by atoms with Gasteiger partial charge in [-0.2, -0.15) is 0 Å². The van der Waals surface area contributed by atoms with Gasteiger partial charge in [0.25, 0.3) is 0 Å². The molecule has 0 aliphatic heterocycles. The van der Waals surface area contributed by atoms with Crippen LogP contribution in [-0.2, 0) is 5.41 Å². The molecule has 0 saturated carbocycles. The van der Waals surface area contributed by atoms with Gasteiger partial charge in [0, 0.05) is 17.1 Å². The summed E-state index contributed by atoms with van der Waals surface area (Å²) in [7, 11) is 0. The van der Waals surface area contributed by atoms with Crippen molar-refractivity contribution in [1.82, 2.24) is 0 Å². The van der Waals surface area contributed by atoms with E-state index in [-0.39, 0.29) is 0 Å². The molecule has 0 fully saturated rings. The fourth-order valence-electron chi connectivity index (χ4n) is 9.15. The van der Waals surface area contributed by atoms with E-state index in [1.54, 1.807) is 0 Å². The summed E-state index contributed by atoms with van der Waals surface area (Å²) >= 11 is 0. The molecule has 0 N–H and O–H groups in total. The Labute approximate surface area is 303 Å². The second-order valence-corrected chi connectivity index (χ2v) is 14.1. The van der Waals surface area contributed by atoms with Crippen molar-refractivity contribution in [3.05, 3.63) is 222 Å². The first-order valence-electron chi connectivity index (χ1n) is 18.1. The van der Waals surface area contributed by atoms with Crippen molar-refractivity contribution in [2.45, 2.75) is 5.41 Å². The first kappa shape index (κ1) is 29.1. The Kier molecular flexibility index (Phi) is 6.23. The summed E-state index contributed by atoms with van der Waals surface area (Å²) in [6.07, 6.45) is 0. The van der Waals surface area contributed by atoms with Gasteiger partial charge in [-0.3, -0.25) is 0 Å². The molecule has 2 aliphatic rings. The molecular weight excluding hydrogens is 627 g/mol. The third-order valence-corrected chi connectivity index (χ3v) is 11.4. The topological polar surface area (TPSA) is 3.24 Å². The smallest absolute Gasteiger partial charge is 0.0726 e. The largest absolute Gasteiger partial charge is 0.310 e. The fourth-order valence-corrected chi connectivity index (χ4v) is 9.15. The van der Waals surface area contributed by atoms with Crippen LogP contribution in [0.3, 0.4) is 0 Å². The normalized spacial score (nSPS) is 13.2. The molecule has 0 unspecified atom stereocenters. The van der Waals surface area contributed by atoms with Crippen molar-refractivity contribution in [3.63, 3.8) is 0 Å². The highest BCUT2D eigenvalue weighted by Gasteiger charge is 2.51. The first-order chi connectivity index (χ1) is 25.8. The van der Waals surface area contributed by atoms with Crippen molar-refractivity contribution in [2.24, 2.45) is 0 Å². The van der Waals surface area contributed by atoms with Gasteiger partial charge >= 0.3 is 0 Å². The van der Waals surface area contributed by atoms with Crippen LogP contribution in [0.25, 0.3) is 54.9 Å². The van der Waals surface area contributed by atoms with E-state index in [1.807, 2.05) is 0 Å². The van der Waals surface area contributed by atoms with E-state index in [2.05, 4.69) is 205 Å². The van der Waals surface area contributed by atoms with E-state index < -0.39 is 5.41 Å². The van der Waals surface area contributed by atoms with Crippen LogP contribution in [0.4, 0.5) is 17.1 Å². The zero-order chi connectivity index (χ0) is 34.2. The second-order valence-electron chi connectivity index (χ2n) is 14.1. The molecule has 0 aromatic heterocycles. The Balaban J connectivity index is 1.18. The number of benzene rings is 9. The van der Waals surface area contributed by atoms with Gasteiger partial charge < -0.3 is 4.90 Å². The Bertz CT molecular complexity index is 2800. The van der Waals surface area contributed by atoms with Crippen LogP contribution >= 0.6 is 0 Å². The SMILES string of the molecule is c1ccc(-c2ccc(N(c3ccc4c(c3)C3(c5ccccc5-c5ccccc53)c3cc5ccccc5cc3-4)c3ccc4ccccc4c3)cc2)cc1. The van der Waals surface area contributed by atoms with Crippen molar-refractivity contribution in [2.75, 3.05) is 4.90 Å². The number of anilines is 3. The van der Waals surface area contributed by atoms with E-state index in [0.29, 0.717) is 0 Å². The van der Waals surface area contributed by atoms with Crippen LogP contribution in [0.15, 0.2) is 200 Å². The lowest BCUT2D eigenvalue weighted by Crippen LogP contribution is -2.26. The minimum absolute atomic E-state index is 0.440. The minimum atomic E-state index is -0.440. The van der Waals surface area contributed by atoms with Crippen molar-refractivity contribution in [1.29, 1.82) is 0 Å². The average Bonchev–Trinajstić information content (AvgIpc) is 3.67. The zero-order valence-electron chi connectivity index (χ0n) is 28.5. The lowest BCUT2D eigenvalue weighted by Gasteiger charge is -2.32. The molecule has 242 valence electrons. The molecule has 1 heteroatoms. The van der Waals surface area contributed by atoms with Gasteiger partial charge in [0.1, 0.15) is 0 Å². The van der Waals surface area contributed by atoms with E-state index in [1.165, 1.54) is 77.2 Å². The van der Waals surface area contributed by atoms with Gasteiger partial charge in [0.05, 0.1) is 5.41 Å². The number of hydrogen-bond donors (Lipinski definition) is 0. The zero-order valence-corrected chi connectivity index (χ0v) is 28.5. The molecule has 52 heavy (non-hydrogen) atoms. The molecule has 0 saturated heterocycles. The molecule has 0 atom stereocenters. The van der Waals surface area contributed by atoms with Crippen LogP contribution in [0.5, 0.6) is 0 Å². The number of rotatable bonds is 4. The number of fused-ring (bicyclic) bond motifs is 12. The number of hydrogen-bond acceptors (Lipinski definition) is 1. The lowest BCUT2D eigenvalue weighted by atomic mass is 9.70. The highest BCUT2D eigenvalue weighted by molar-refractivity contribution is 6.01. The summed E-state index contributed by atoms with van der Waals surface area (Å²) in [4.78, 5) is 2.43. The minimum Gasteiger partial charge on any atom is -0.310 e. The Hall–Kier alpha value is -6.70. The standard InChI is InChI=1S/C51H33N/c1-2-12-34(13-3-1)36-22-25-40(26-23-36)52(41-27-24-35-14-4-5-15-37(35)30-41)42-28-29-45-46-31-38-16-6-7-17-39(38)32-49(46)51(50(45)33-42)47-20-10-8-18-43(47)44-19-9-11-21-48(44)51/h1-33H. The van der Waals surface area contributed by atoms with E-state index in [4.69, 9.17) is 0 Å². The van der Waals surface area contributed by atoms with E-state index >= 15 is 0 Å². The summed E-state index contributed by atoms with van der Waals surface area (Å²) in [5, 5.41) is 5.00. The van der Waals surface area contributed by atoms with Crippen molar-refractivity contribution >= 4 is 38.6 Å². The Morgan fingerprint density at radius 2 is 0.750 bits per heavy atom. The fraction of sp³-hybridized carbons (Fsp3) is 0.0196. The molecule has 9 aromatic carbocycles. The Morgan fingerprint density at radius 3 is 1.46 bits per heavy atom. The molecule has 0 amide bonds. The summed E-state index contributed by atoms with van der Waals surface area (Å²) < 4.78 is 0. The summed E-state index contributed by atoms with van der Waals surface area (Å²) in [5.41, 5.74) is 16.0. The molecule has 1 nitrogen and oxygen atoms in total. The quantitative estimate of drug-likeness (QED) is 0.182. The summed E-state index contributed by atoms with van der Waals surface area (Å²) in [6.45, 7) is 0. The van der Waals surface area contributed by atoms with Gasteiger partial charge in [-0.05, 0) is 126 Å². The summed E-state index contributed by atoms with van der Waals surface area (Å²) in [5.74, 6) is 0. The van der Waals surface area contributed by atoms with E-state index in [9.17, 15) is 0 Å². The van der Waals surface area contributed by atoms with Crippen molar-refractivity contribution in [3.8, 4) is 33.4 Å².